The second-order valence-corrected chi connectivity index (χ2v) is 6.69. The van der Waals surface area contributed by atoms with Crippen molar-refractivity contribution in [2.75, 3.05) is 38.6 Å². The van der Waals surface area contributed by atoms with Gasteiger partial charge in [-0.15, -0.1) is 0 Å². The molecule has 3 heterocycles. The Bertz CT molecular complexity index is 884. The third-order valence-electron chi connectivity index (χ3n) is 4.89. The minimum absolute atomic E-state index is 0.0122. The second kappa shape index (κ2) is 7.99. The fourth-order valence-corrected chi connectivity index (χ4v) is 3.51. The largest absolute Gasteiger partial charge is 0.394 e. The first-order chi connectivity index (χ1) is 13.3. The number of imidazole rings is 1. The van der Waals surface area contributed by atoms with Crippen LogP contribution in [0.5, 0.6) is 0 Å². The Balaban J connectivity index is 1.53. The standard InChI is InChI=1S/C19H24N6O2/c1-20-18-17-19(22-12-21-18)25(13-23-17)16-10-24(9-15(11-26)27-16)8-7-14-5-3-2-4-6-14/h2-6,12-13,15-16,26H,7-11H2,1H3,(H,20,21,22)/t15-,16+/m0/s1. The number of rotatable bonds is 6. The zero-order valence-corrected chi connectivity index (χ0v) is 15.3. The van der Waals surface area contributed by atoms with Crippen LogP contribution in [0.15, 0.2) is 43.0 Å². The number of aromatic nitrogens is 4. The first kappa shape index (κ1) is 17.8. The number of ether oxygens (including phenoxy) is 1. The molecule has 0 amide bonds. The maximum Gasteiger partial charge on any atom is 0.167 e. The molecule has 1 aliphatic rings. The van der Waals surface area contributed by atoms with Crippen LogP contribution in [0.1, 0.15) is 11.8 Å². The fourth-order valence-electron chi connectivity index (χ4n) is 3.51. The van der Waals surface area contributed by atoms with Crippen molar-refractivity contribution in [1.29, 1.82) is 0 Å². The van der Waals surface area contributed by atoms with E-state index in [-0.39, 0.29) is 18.9 Å². The van der Waals surface area contributed by atoms with Crippen LogP contribution in [0.4, 0.5) is 5.82 Å². The molecule has 1 aromatic carbocycles. The summed E-state index contributed by atoms with van der Waals surface area (Å²) in [6, 6.07) is 10.4. The van der Waals surface area contributed by atoms with Crippen molar-refractivity contribution in [2.24, 2.45) is 0 Å². The Morgan fingerprint density at radius 2 is 2.04 bits per heavy atom. The minimum atomic E-state index is -0.253. The first-order valence-electron chi connectivity index (χ1n) is 9.16. The summed E-state index contributed by atoms with van der Waals surface area (Å²) >= 11 is 0. The number of anilines is 1. The maximum atomic E-state index is 9.69. The lowest BCUT2D eigenvalue weighted by Crippen LogP contribution is -2.47. The van der Waals surface area contributed by atoms with Gasteiger partial charge in [0.1, 0.15) is 18.1 Å². The lowest BCUT2D eigenvalue weighted by Gasteiger charge is -2.37. The molecule has 2 aromatic heterocycles. The highest BCUT2D eigenvalue weighted by molar-refractivity contribution is 5.82. The van der Waals surface area contributed by atoms with Crippen molar-refractivity contribution < 1.29 is 9.84 Å². The molecule has 0 aliphatic carbocycles. The molecular weight excluding hydrogens is 344 g/mol. The van der Waals surface area contributed by atoms with Gasteiger partial charge in [0.2, 0.25) is 0 Å². The molecule has 27 heavy (non-hydrogen) atoms. The number of hydrogen-bond donors (Lipinski definition) is 2. The smallest absolute Gasteiger partial charge is 0.167 e. The van der Waals surface area contributed by atoms with E-state index in [2.05, 4.69) is 49.4 Å². The first-order valence-corrected chi connectivity index (χ1v) is 9.16. The molecule has 8 nitrogen and oxygen atoms in total. The summed E-state index contributed by atoms with van der Waals surface area (Å²) in [7, 11) is 1.81. The average molecular weight is 368 g/mol. The normalized spacial score (nSPS) is 20.8. The number of fused-ring (bicyclic) bond motifs is 1. The third-order valence-corrected chi connectivity index (χ3v) is 4.89. The predicted molar refractivity (Wildman–Crippen MR) is 102 cm³/mol. The minimum Gasteiger partial charge on any atom is -0.394 e. The van der Waals surface area contributed by atoms with Crippen molar-refractivity contribution in [3.63, 3.8) is 0 Å². The molecule has 0 saturated carbocycles. The third kappa shape index (κ3) is 3.78. The van der Waals surface area contributed by atoms with E-state index < -0.39 is 0 Å². The van der Waals surface area contributed by atoms with Gasteiger partial charge < -0.3 is 15.2 Å². The van der Waals surface area contributed by atoms with E-state index in [1.807, 2.05) is 17.7 Å². The van der Waals surface area contributed by atoms with Crippen molar-refractivity contribution in [3.8, 4) is 0 Å². The quantitative estimate of drug-likeness (QED) is 0.678. The van der Waals surface area contributed by atoms with Crippen LogP contribution in [-0.4, -0.2) is 68.9 Å². The van der Waals surface area contributed by atoms with Gasteiger partial charge in [0.15, 0.2) is 11.5 Å². The summed E-state index contributed by atoms with van der Waals surface area (Å²) in [6.45, 7) is 2.32. The molecule has 0 unspecified atom stereocenters. The summed E-state index contributed by atoms with van der Waals surface area (Å²) in [5, 5.41) is 12.7. The van der Waals surface area contributed by atoms with Crippen LogP contribution >= 0.6 is 0 Å². The molecule has 0 bridgehead atoms. The number of aliphatic hydroxyl groups is 1. The molecule has 0 radical (unpaired) electrons. The van der Waals surface area contributed by atoms with E-state index in [1.165, 1.54) is 11.9 Å². The highest BCUT2D eigenvalue weighted by Gasteiger charge is 2.29. The molecule has 1 fully saturated rings. The second-order valence-electron chi connectivity index (χ2n) is 6.69. The van der Waals surface area contributed by atoms with E-state index in [4.69, 9.17) is 4.74 Å². The number of nitrogens with one attached hydrogen (secondary N) is 1. The van der Waals surface area contributed by atoms with Gasteiger partial charge >= 0.3 is 0 Å². The molecule has 4 rings (SSSR count). The van der Waals surface area contributed by atoms with E-state index in [0.717, 1.165) is 18.6 Å². The Kier molecular flexibility index (Phi) is 5.28. The van der Waals surface area contributed by atoms with Crippen LogP contribution in [0.3, 0.4) is 0 Å². The Hall–Kier alpha value is -2.55. The summed E-state index contributed by atoms with van der Waals surface area (Å²) in [5.41, 5.74) is 2.74. The monoisotopic (exact) mass is 368 g/mol. The molecule has 1 saturated heterocycles. The van der Waals surface area contributed by atoms with Gasteiger partial charge in [-0.25, -0.2) is 15.0 Å². The number of nitrogens with zero attached hydrogens (tertiary/aromatic N) is 5. The lowest BCUT2D eigenvalue weighted by atomic mass is 10.1. The molecular formula is C19H24N6O2. The highest BCUT2D eigenvalue weighted by atomic mass is 16.5. The van der Waals surface area contributed by atoms with Gasteiger partial charge in [-0.05, 0) is 12.0 Å². The topological polar surface area (TPSA) is 88.3 Å². The van der Waals surface area contributed by atoms with Gasteiger partial charge in [0, 0.05) is 26.7 Å². The molecule has 2 atom stereocenters. The Morgan fingerprint density at radius 3 is 2.81 bits per heavy atom. The van der Waals surface area contributed by atoms with Crippen LogP contribution in [0.25, 0.3) is 11.2 Å². The molecule has 2 N–H and O–H groups in total. The number of aliphatic hydroxyl groups excluding tert-OH is 1. The fraction of sp³-hybridized carbons (Fsp3) is 0.421. The van der Waals surface area contributed by atoms with Gasteiger partial charge in [-0.2, -0.15) is 0 Å². The van der Waals surface area contributed by atoms with Crippen molar-refractivity contribution in [1.82, 2.24) is 24.4 Å². The zero-order valence-electron chi connectivity index (χ0n) is 15.3. The van der Waals surface area contributed by atoms with Crippen LogP contribution in [-0.2, 0) is 11.2 Å². The SMILES string of the molecule is CNc1ncnc2c1ncn2[C@H]1CN(CCc2ccccc2)C[C@@H](CO)O1. The molecule has 1 aliphatic heterocycles. The Morgan fingerprint density at radius 1 is 1.19 bits per heavy atom. The van der Waals surface area contributed by atoms with Crippen molar-refractivity contribution in [2.45, 2.75) is 18.8 Å². The van der Waals surface area contributed by atoms with Gasteiger partial charge in [-0.3, -0.25) is 9.47 Å². The van der Waals surface area contributed by atoms with Gasteiger partial charge in [-0.1, -0.05) is 30.3 Å². The van der Waals surface area contributed by atoms with E-state index in [1.54, 1.807) is 6.33 Å². The number of hydrogen-bond acceptors (Lipinski definition) is 7. The average Bonchev–Trinajstić information content (AvgIpc) is 3.17. The maximum absolute atomic E-state index is 9.69. The van der Waals surface area contributed by atoms with Crippen LogP contribution < -0.4 is 5.32 Å². The van der Waals surface area contributed by atoms with E-state index in [0.29, 0.717) is 24.4 Å². The number of benzene rings is 1. The summed E-state index contributed by atoms with van der Waals surface area (Å²) in [4.78, 5) is 15.4. The van der Waals surface area contributed by atoms with Crippen molar-refractivity contribution >= 4 is 17.0 Å². The summed E-state index contributed by atoms with van der Waals surface area (Å²) in [5.74, 6) is 0.689. The number of morpholine rings is 1. The molecule has 8 heteroatoms. The summed E-state index contributed by atoms with van der Waals surface area (Å²) < 4.78 is 8.02. The highest BCUT2D eigenvalue weighted by Crippen LogP contribution is 2.25. The van der Waals surface area contributed by atoms with Crippen LogP contribution in [0.2, 0.25) is 0 Å². The molecule has 0 spiro atoms. The molecule has 3 aromatic rings. The van der Waals surface area contributed by atoms with E-state index >= 15 is 0 Å². The summed E-state index contributed by atoms with van der Waals surface area (Å²) in [6.07, 6.45) is 3.73. The van der Waals surface area contributed by atoms with Crippen molar-refractivity contribution in [3.05, 3.63) is 48.5 Å². The zero-order chi connectivity index (χ0) is 18.6. The van der Waals surface area contributed by atoms with Gasteiger partial charge in [0.25, 0.3) is 0 Å². The van der Waals surface area contributed by atoms with Gasteiger partial charge in [0.05, 0.1) is 19.0 Å². The van der Waals surface area contributed by atoms with Crippen LogP contribution in [0, 0.1) is 0 Å². The molecule has 142 valence electrons. The lowest BCUT2D eigenvalue weighted by molar-refractivity contribution is -0.133. The van der Waals surface area contributed by atoms with E-state index in [9.17, 15) is 5.11 Å². The predicted octanol–water partition coefficient (Wildman–Crippen LogP) is 1.30. The Labute approximate surface area is 157 Å².